The zero-order valence-electron chi connectivity index (χ0n) is 52.8. The summed E-state index contributed by atoms with van der Waals surface area (Å²) >= 11 is -1.44. The van der Waals surface area contributed by atoms with Gasteiger partial charge in [-0.15, -0.1) is 0 Å². The normalized spacial score (nSPS) is 10.1. The number of nitrogens with two attached hydrogens (primary N) is 4. The first-order valence-corrected chi connectivity index (χ1v) is 27.7. The van der Waals surface area contributed by atoms with E-state index in [-0.39, 0.29) is 75.5 Å². The summed E-state index contributed by atoms with van der Waals surface area (Å²) in [6, 6.07) is 15.4. The maximum absolute atomic E-state index is 11.1. The molecule has 2 aromatic carbocycles. The van der Waals surface area contributed by atoms with Gasteiger partial charge in [0.1, 0.15) is 17.2 Å². The first-order valence-electron chi connectivity index (χ1n) is 26.8. The third-order valence-electron chi connectivity index (χ3n) is 11.0. The molecule has 0 atom stereocenters. The summed E-state index contributed by atoms with van der Waals surface area (Å²) in [5.41, 5.74) is 26.0. The Morgan fingerprint density at radius 3 is 1.56 bits per heavy atom. The van der Waals surface area contributed by atoms with Crippen LogP contribution in [-0.4, -0.2) is 141 Å². The summed E-state index contributed by atoms with van der Waals surface area (Å²) in [6.07, 6.45) is 6.81. The summed E-state index contributed by atoms with van der Waals surface area (Å²) in [7, 11) is 0. The predicted octanol–water partition coefficient (Wildman–Crippen LogP) is 3.69. The first kappa shape index (κ1) is 85.3. The van der Waals surface area contributed by atoms with E-state index >= 15 is 0 Å². The predicted molar refractivity (Wildman–Crippen MR) is 320 cm³/mol. The molecule has 1 aliphatic heterocycles. The number of Topliss-reactive ketones (excluding diaryl/α,β-unsaturated/α-hetero) is 2. The number of carbonyl (C=O) groups is 6. The average molecular weight is 1250 g/mol. The van der Waals surface area contributed by atoms with Crippen molar-refractivity contribution in [1.29, 1.82) is 0 Å². The van der Waals surface area contributed by atoms with Gasteiger partial charge in [0.05, 0.1) is 60.0 Å². The summed E-state index contributed by atoms with van der Waals surface area (Å²) < 4.78 is 30.9. The topological polar surface area (TPSA) is 452 Å². The van der Waals surface area contributed by atoms with Crippen LogP contribution in [0.25, 0.3) is 22.6 Å². The van der Waals surface area contributed by atoms with Crippen molar-refractivity contribution in [2.24, 2.45) is 11.7 Å². The molecule has 5 aromatic heterocycles. The number of esters is 2. The number of hydrazine groups is 1. The van der Waals surface area contributed by atoms with Crippen LogP contribution in [0.15, 0.2) is 48.5 Å². The SMILES string of the molecule is C1CCOC1.CC(=O)O.CCOC(=O)C(=O)CC(=O)CC.CCOC(=O)c1cc(CC)[nH]n1.CCc1cc(-c2nc3cc(C)c(C)cc3[nH]2)n[nH]1.CCc1cc(C=O)n[nH]1.CCc1cc(CO)[nH]n1.Cc1cc(N)c(N)cc1C.NN.[Al].[H-].[Li+].[O]=[Mn]=[O]. The molecule has 1 saturated heterocycles. The molecule has 8 rings (SSSR count). The molecule has 0 unspecified atom stereocenters. The fraction of sp³-hybridized carbons (Fsp3) is 0.446. The van der Waals surface area contributed by atoms with E-state index in [0.717, 1.165) is 103 Å². The Hall–Kier alpha value is -7.14. The van der Waals surface area contributed by atoms with Gasteiger partial charge in [0, 0.05) is 61.0 Å². The number of hydrogen-bond acceptors (Lipinski definition) is 21. The molecule has 15 N–H and O–H groups in total. The first-order chi connectivity index (χ1) is 40.0. The number of aliphatic hydroxyl groups excluding tert-OH is 1. The minimum absolute atomic E-state index is 0. The number of carbonyl (C=O) groups excluding carboxylic acids is 5. The molecule has 30 heteroatoms. The van der Waals surface area contributed by atoms with E-state index in [1.165, 1.54) is 35.1 Å². The Morgan fingerprint density at radius 1 is 0.686 bits per heavy atom. The maximum atomic E-state index is 11.1. The van der Waals surface area contributed by atoms with Gasteiger partial charge in [-0.1, -0.05) is 34.6 Å². The zero-order valence-corrected chi connectivity index (χ0v) is 54.1. The number of carboxylic acids is 1. The number of imidazole rings is 1. The number of fused-ring (bicyclic) bond motifs is 1. The van der Waals surface area contributed by atoms with E-state index in [4.69, 9.17) is 43.6 Å². The monoisotopic (exact) mass is 1250 g/mol. The van der Waals surface area contributed by atoms with E-state index in [1.807, 2.05) is 58.9 Å². The fourth-order valence-corrected chi connectivity index (χ4v) is 6.16. The number of hydrogen-bond donors (Lipinski definition) is 11. The zero-order chi connectivity index (χ0) is 64.2. The van der Waals surface area contributed by atoms with Crippen LogP contribution < -0.4 is 42.0 Å². The van der Waals surface area contributed by atoms with Crippen LogP contribution in [-0.2, 0) is 88.2 Å². The van der Waals surface area contributed by atoms with Crippen molar-refractivity contribution in [2.45, 2.75) is 141 Å². The minimum atomic E-state index is -1.44. The van der Waals surface area contributed by atoms with Gasteiger partial charge >= 0.3 is 53.3 Å². The van der Waals surface area contributed by atoms with Crippen molar-refractivity contribution < 1.29 is 96.0 Å². The van der Waals surface area contributed by atoms with Crippen molar-refractivity contribution >= 4 is 75.5 Å². The molecule has 6 heterocycles. The van der Waals surface area contributed by atoms with Crippen molar-refractivity contribution in [3.8, 4) is 11.5 Å². The quantitative estimate of drug-likeness (QED) is 0.0108. The number of anilines is 2. The fourth-order valence-electron chi connectivity index (χ4n) is 6.16. The molecule has 0 bridgehead atoms. The van der Waals surface area contributed by atoms with Crippen LogP contribution in [0.2, 0.25) is 0 Å². The molecule has 1 aliphatic rings. The van der Waals surface area contributed by atoms with Crippen LogP contribution in [0, 0.1) is 27.7 Å². The third-order valence-corrected chi connectivity index (χ3v) is 11.0. The van der Waals surface area contributed by atoms with Crippen LogP contribution >= 0.6 is 0 Å². The second-order valence-electron chi connectivity index (χ2n) is 17.4. The number of aliphatic carboxylic acids is 1. The van der Waals surface area contributed by atoms with Crippen molar-refractivity contribution in [3.63, 3.8) is 0 Å². The number of aryl methyl sites for hydroxylation is 8. The number of benzene rings is 2. The molecule has 0 saturated carbocycles. The number of aromatic amines is 5. The molecule has 0 aliphatic carbocycles. The Labute approximate surface area is 532 Å². The van der Waals surface area contributed by atoms with Gasteiger partial charge in [0.2, 0.25) is 5.78 Å². The number of aromatic nitrogens is 10. The molecule has 3 radical (unpaired) electrons. The van der Waals surface area contributed by atoms with Crippen LogP contribution in [0.1, 0.15) is 154 Å². The van der Waals surface area contributed by atoms with Gasteiger partial charge in [-0.2, -0.15) is 20.4 Å². The van der Waals surface area contributed by atoms with E-state index in [0.29, 0.717) is 29.4 Å². The second-order valence-corrected chi connectivity index (χ2v) is 17.6. The van der Waals surface area contributed by atoms with Gasteiger partial charge in [0.15, 0.2) is 17.8 Å². The number of nitrogens with one attached hydrogen (secondary N) is 5. The van der Waals surface area contributed by atoms with Gasteiger partial charge in [-0.3, -0.25) is 51.3 Å². The van der Waals surface area contributed by atoms with E-state index in [2.05, 4.69) is 100 Å². The summed E-state index contributed by atoms with van der Waals surface area (Å²) in [6.45, 7) is 25.1. The van der Waals surface area contributed by atoms with E-state index in [9.17, 15) is 24.0 Å². The van der Waals surface area contributed by atoms with Crippen LogP contribution in [0.4, 0.5) is 11.4 Å². The molecule has 7 aromatic rings. The number of aliphatic hydroxyl groups is 1. The number of H-pyrrole nitrogens is 5. The number of ether oxygens (including phenoxy) is 3. The molecule has 470 valence electrons. The number of aldehydes is 1. The Kier molecular flexibility index (Phi) is 50.7. The standard InChI is InChI=1S/C14H16N4.C8H12N2O2.C8H12N2.C8H12O4.C6H10N2O.C6H8N2O.C4H8O.C2H4O2.Al.Li.Mn.H4N2.2O.H/c1-4-10-7-13(18-17-10)14-15-11-5-8(2)9(3)6-12(11)16-14;1-3-6-5-7(10-9-6)8(11)12-4-2;1-5-3-7(9)8(10)4-6(5)2;1-3-6(9)5-7(10)8(11)12-4-2;2*1-2-5-3-6(4-9)8-7-5;1-2-4-5-3-1;1-2(3)4;;;;1-2;;;/h5-7H,4H2,1-3H3,(H,15,16)(H,17,18);5H,3-4H2,1-2H3,(H,9,10);3-4H,9-10H2,1-2H3;3-5H2,1-2H3;3,9H,2,4H2,1H3,(H,7,8);3-4H,2H2,1H3,(H,7,8);1-4H2;1H3,(H,3,4);;;;1-2H2;;;/q;;;;;;;;;+1;;;;;-1. The molecular formula is C56H87AlLiMnN14O13. The number of carboxylic acid groups (broad SMARTS) is 1. The summed E-state index contributed by atoms with van der Waals surface area (Å²) in [5, 5.41) is 42.9. The number of rotatable bonds is 14. The molecule has 1 fully saturated rings. The molecule has 27 nitrogen and oxygen atoms in total. The number of ketones is 2. The van der Waals surface area contributed by atoms with E-state index < -0.39 is 32.5 Å². The summed E-state index contributed by atoms with van der Waals surface area (Å²) in [5.74, 6) is 5.70. The van der Waals surface area contributed by atoms with Crippen molar-refractivity contribution in [3.05, 3.63) is 111 Å². The van der Waals surface area contributed by atoms with Gasteiger partial charge in [-0.05, 0) is 151 Å². The van der Waals surface area contributed by atoms with Crippen molar-refractivity contribution in [2.75, 3.05) is 37.9 Å². The number of nitrogens with zero attached hydrogens (tertiary/aromatic N) is 5. The molecule has 86 heavy (non-hydrogen) atoms. The van der Waals surface area contributed by atoms with Gasteiger partial charge in [0.25, 0.3) is 5.97 Å². The van der Waals surface area contributed by atoms with Gasteiger partial charge in [-0.25, -0.2) is 14.6 Å². The molecule has 0 amide bonds. The molecular weight excluding hydrogens is 1170 g/mol. The molecule has 0 spiro atoms. The van der Waals surface area contributed by atoms with Gasteiger partial charge < -0.3 is 42.3 Å². The number of nitrogen functional groups attached to an aromatic ring is 2. The third kappa shape index (κ3) is 36.6. The van der Waals surface area contributed by atoms with E-state index in [1.54, 1.807) is 32.9 Å². The second kappa shape index (κ2) is 51.1. The summed E-state index contributed by atoms with van der Waals surface area (Å²) in [4.78, 5) is 70.2. The van der Waals surface area contributed by atoms with Crippen LogP contribution in [0.3, 0.4) is 0 Å². The average Bonchev–Trinajstić information content (AvgIpc) is 2.78. The Bertz CT molecular complexity index is 2950. The van der Waals surface area contributed by atoms with Crippen LogP contribution in [0.5, 0.6) is 0 Å². The Morgan fingerprint density at radius 2 is 1.16 bits per heavy atom. The Balaban J connectivity index is -0.000000298. The van der Waals surface area contributed by atoms with Crippen molar-refractivity contribution in [1.82, 2.24) is 50.8 Å².